The van der Waals surface area contributed by atoms with Gasteiger partial charge in [0.2, 0.25) is 0 Å². The first-order valence-corrected chi connectivity index (χ1v) is 7.40. The van der Waals surface area contributed by atoms with Crippen molar-refractivity contribution in [3.05, 3.63) is 23.3 Å². The normalized spacial score (nSPS) is 17.5. The van der Waals surface area contributed by atoms with Crippen molar-refractivity contribution < 1.29 is 19.4 Å². The third-order valence-corrected chi connectivity index (χ3v) is 3.66. The van der Waals surface area contributed by atoms with Crippen LogP contribution in [0.25, 0.3) is 0 Å². The zero-order valence-electron chi connectivity index (χ0n) is 12.9. The van der Waals surface area contributed by atoms with E-state index in [0.29, 0.717) is 30.2 Å². The van der Waals surface area contributed by atoms with E-state index < -0.39 is 5.97 Å². The number of aromatic nitrogens is 2. The van der Waals surface area contributed by atoms with Crippen LogP contribution in [0.15, 0.2) is 6.20 Å². The lowest BCUT2D eigenvalue weighted by Crippen LogP contribution is -2.39. The minimum Gasteiger partial charge on any atom is -0.481 e. The van der Waals surface area contributed by atoms with Gasteiger partial charge in [0, 0.05) is 25.9 Å². The Morgan fingerprint density at radius 1 is 1.45 bits per heavy atom. The Hall–Kier alpha value is -2.02. The molecule has 1 atom stereocenters. The van der Waals surface area contributed by atoms with Gasteiger partial charge < -0.3 is 14.7 Å². The highest BCUT2D eigenvalue weighted by molar-refractivity contribution is 5.95. The highest BCUT2D eigenvalue weighted by Gasteiger charge is 2.25. The third kappa shape index (κ3) is 4.24. The SMILES string of the molecule is Cc1ncc(C(=O)N(CCC(=O)O)CC2CCCO2)c(C)n1. The topological polar surface area (TPSA) is 92.6 Å². The molecule has 1 aromatic heterocycles. The zero-order valence-corrected chi connectivity index (χ0v) is 12.9. The minimum atomic E-state index is -0.929. The number of carboxylic acids is 1. The standard InChI is InChI=1S/C15H21N3O4/c1-10-13(8-16-11(2)17-10)15(21)18(6-5-14(19)20)9-12-4-3-7-22-12/h8,12H,3-7,9H2,1-2H3,(H,19,20). The molecular formula is C15H21N3O4. The van der Waals surface area contributed by atoms with Crippen LogP contribution in [-0.4, -0.2) is 57.7 Å². The van der Waals surface area contributed by atoms with Gasteiger partial charge in [0.25, 0.3) is 5.91 Å². The van der Waals surface area contributed by atoms with Crippen LogP contribution >= 0.6 is 0 Å². The van der Waals surface area contributed by atoms with Gasteiger partial charge in [-0.15, -0.1) is 0 Å². The summed E-state index contributed by atoms with van der Waals surface area (Å²) in [5.74, 6) is -0.568. The number of ether oxygens (including phenoxy) is 1. The molecule has 7 nitrogen and oxygen atoms in total. The molecule has 0 spiro atoms. The Kier molecular flexibility index (Phi) is 5.43. The van der Waals surface area contributed by atoms with E-state index in [9.17, 15) is 9.59 Å². The van der Waals surface area contributed by atoms with Gasteiger partial charge in [-0.3, -0.25) is 9.59 Å². The fraction of sp³-hybridized carbons (Fsp3) is 0.600. The van der Waals surface area contributed by atoms with E-state index in [4.69, 9.17) is 9.84 Å². The van der Waals surface area contributed by atoms with Crippen molar-refractivity contribution >= 4 is 11.9 Å². The molecule has 1 aliphatic rings. The number of nitrogens with zero attached hydrogens (tertiary/aromatic N) is 3. The number of carboxylic acid groups (broad SMARTS) is 1. The Morgan fingerprint density at radius 3 is 2.82 bits per heavy atom. The fourth-order valence-corrected chi connectivity index (χ4v) is 2.50. The number of hydrogen-bond acceptors (Lipinski definition) is 5. The van der Waals surface area contributed by atoms with E-state index in [2.05, 4.69) is 9.97 Å². The van der Waals surface area contributed by atoms with Gasteiger partial charge >= 0.3 is 5.97 Å². The molecule has 120 valence electrons. The maximum absolute atomic E-state index is 12.7. The summed E-state index contributed by atoms with van der Waals surface area (Å²) in [5.41, 5.74) is 1.01. The number of amides is 1. The number of aliphatic carboxylic acids is 1. The van der Waals surface area contributed by atoms with Crippen molar-refractivity contribution in [2.75, 3.05) is 19.7 Å². The summed E-state index contributed by atoms with van der Waals surface area (Å²) in [7, 11) is 0. The largest absolute Gasteiger partial charge is 0.481 e. The highest BCUT2D eigenvalue weighted by Crippen LogP contribution is 2.16. The average Bonchev–Trinajstić information content (AvgIpc) is 2.95. The lowest BCUT2D eigenvalue weighted by molar-refractivity contribution is -0.137. The number of hydrogen-bond donors (Lipinski definition) is 1. The molecule has 0 saturated carbocycles. The second-order valence-corrected chi connectivity index (χ2v) is 5.45. The van der Waals surface area contributed by atoms with Crippen molar-refractivity contribution in [2.45, 2.75) is 39.2 Å². The van der Waals surface area contributed by atoms with Crippen LogP contribution in [0.3, 0.4) is 0 Å². The summed E-state index contributed by atoms with van der Waals surface area (Å²) in [6.07, 6.45) is 3.25. The summed E-state index contributed by atoms with van der Waals surface area (Å²) >= 11 is 0. The second-order valence-electron chi connectivity index (χ2n) is 5.45. The van der Waals surface area contributed by atoms with Crippen molar-refractivity contribution in [1.29, 1.82) is 0 Å². The predicted molar refractivity (Wildman–Crippen MR) is 78.6 cm³/mol. The number of aryl methyl sites for hydroxylation is 2. The monoisotopic (exact) mass is 307 g/mol. The first-order chi connectivity index (χ1) is 10.5. The van der Waals surface area contributed by atoms with Crippen LogP contribution in [0.2, 0.25) is 0 Å². The quantitative estimate of drug-likeness (QED) is 0.848. The maximum atomic E-state index is 12.7. The Labute approximate surface area is 129 Å². The average molecular weight is 307 g/mol. The molecule has 1 aromatic rings. The molecule has 0 radical (unpaired) electrons. The molecule has 22 heavy (non-hydrogen) atoms. The van der Waals surface area contributed by atoms with E-state index >= 15 is 0 Å². The summed E-state index contributed by atoms with van der Waals surface area (Å²) < 4.78 is 5.55. The number of carbonyl (C=O) groups excluding carboxylic acids is 1. The highest BCUT2D eigenvalue weighted by atomic mass is 16.5. The predicted octanol–water partition coefficient (Wildman–Crippen LogP) is 1.19. The molecule has 1 amide bonds. The number of carbonyl (C=O) groups is 2. The summed E-state index contributed by atoms with van der Waals surface area (Å²) in [5, 5.41) is 8.87. The molecule has 1 N–H and O–H groups in total. The van der Waals surface area contributed by atoms with Crippen LogP contribution in [0.1, 0.15) is 41.1 Å². The zero-order chi connectivity index (χ0) is 16.1. The van der Waals surface area contributed by atoms with Gasteiger partial charge in [0.15, 0.2) is 0 Å². The lowest BCUT2D eigenvalue weighted by Gasteiger charge is -2.25. The summed E-state index contributed by atoms with van der Waals surface area (Å²) in [6, 6.07) is 0. The van der Waals surface area contributed by atoms with Gasteiger partial charge in [-0.05, 0) is 26.7 Å². The van der Waals surface area contributed by atoms with E-state index in [1.165, 1.54) is 11.1 Å². The first-order valence-electron chi connectivity index (χ1n) is 7.40. The van der Waals surface area contributed by atoms with Gasteiger partial charge in [-0.1, -0.05) is 0 Å². The molecule has 2 heterocycles. The molecule has 1 aliphatic heterocycles. The van der Waals surface area contributed by atoms with Gasteiger partial charge in [0.1, 0.15) is 5.82 Å². The van der Waals surface area contributed by atoms with Crippen molar-refractivity contribution in [1.82, 2.24) is 14.9 Å². The molecule has 2 rings (SSSR count). The molecular weight excluding hydrogens is 286 g/mol. The summed E-state index contributed by atoms with van der Waals surface area (Å²) in [4.78, 5) is 33.3. The van der Waals surface area contributed by atoms with Crippen molar-refractivity contribution in [2.24, 2.45) is 0 Å². The van der Waals surface area contributed by atoms with Gasteiger partial charge in [-0.25, -0.2) is 9.97 Å². The molecule has 1 unspecified atom stereocenters. The first kappa shape index (κ1) is 16.4. The Balaban J connectivity index is 2.14. The lowest BCUT2D eigenvalue weighted by atomic mass is 10.1. The Bertz CT molecular complexity index is 556. The fourth-order valence-electron chi connectivity index (χ4n) is 2.50. The molecule has 7 heteroatoms. The maximum Gasteiger partial charge on any atom is 0.305 e. The van der Waals surface area contributed by atoms with Gasteiger partial charge in [-0.2, -0.15) is 0 Å². The van der Waals surface area contributed by atoms with Crippen molar-refractivity contribution in [3.8, 4) is 0 Å². The Morgan fingerprint density at radius 2 is 2.23 bits per heavy atom. The molecule has 0 aromatic carbocycles. The van der Waals surface area contributed by atoms with E-state index in [1.807, 2.05) is 0 Å². The number of rotatable bonds is 6. The molecule has 0 bridgehead atoms. The van der Waals surface area contributed by atoms with E-state index in [0.717, 1.165) is 12.8 Å². The van der Waals surface area contributed by atoms with Gasteiger partial charge in [0.05, 0.1) is 23.8 Å². The third-order valence-electron chi connectivity index (χ3n) is 3.66. The smallest absolute Gasteiger partial charge is 0.305 e. The second kappa shape index (κ2) is 7.31. The minimum absolute atomic E-state index is 0.0237. The molecule has 1 saturated heterocycles. The van der Waals surface area contributed by atoms with E-state index in [-0.39, 0.29) is 25.0 Å². The van der Waals surface area contributed by atoms with E-state index in [1.54, 1.807) is 13.8 Å². The van der Waals surface area contributed by atoms with Crippen LogP contribution in [-0.2, 0) is 9.53 Å². The van der Waals surface area contributed by atoms with Crippen molar-refractivity contribution in [3.63, 3.8) is 0 Å². The van der Waals surface area contributed by atoms with Crippen LogP contribution in [0, 0.1) is 13.8 Å². The summed E-state index contributed by atoms with van der Waals surface area (Å²) in [6.45, 7) is 4.76. The molecule has 0 aliphatic carbocycles. The van der Waals surface area contributed by atoms with Crippen LogP contribution in [0.4, 0.5) is 0 Å². The van der Waals surface area contributed by atoms with Crippen LogP contribution in [0.5, 0.6) is 0 Å². The van der Waals surface area contributed by atoms with Crippen LogP contribution < -0.4 is 0 Å². The molecule has 1 fully saturated rings.